The molecule has 1 aromatic heterocycles. The number of aromatic nitrogens is 2. The summed E-state index contributed by atoms with van der Waals surface area (Å²) in [5, 5.41) is 9.05. The molecule has 17 heavy (non-hydrogen) atoms. The minimum absolute atomic E-state index is 0.347. The number of hydrogen-bond donors (Lipinski definition) is 1. The summed E-state index contributed by atoms with van der Waals surface area (Å²) in [7, 11) is 1.92. The largest absolute Gasteiger partial charge is 0.478 e. The van der Waals surface area contributed by atoms with Gasteiger partial charge in [0.2, 0.25) is 0 Å². The zero-order chi connectivity index (χ0) is 12.3. The number of aryl methyl sites for hydroxylation is 1. The van der Waals surface area contributed by atoms with Gasteiger partial charge in [-0.1, -0.05) is 12.1 Å². The molecular weight excluding hydrogens is 236 g/mol. The first-order valence-corrected chi connectivity index (χ1v) is 6.07. The van der Waals surface area contributed by atoms with Gasteiger partial charge in [-0.05, 0) is 12.1 Å². The monoisotopic (exact) mass is 248 g/mol. The Morgan fingerprint density at radius 1 is 1.47 bits per heavy atom. The molecule has 5 heteroatoms. The van der Waals surface area contributed by atoms with Gasteiger partial charge in [0.25, 0.3) is 0 Å². The summed E-state index contributed by atoms with van der Waals surface area (Å²) < 4.78 is 1.93. The highest BCUT2D eigenvalue weighted by molar-refractivity contribution is 7.98. The summed E-state index contributed by atoms with van der Waals surface area (Å²) >= 11 is 1.51. The second kappa shape index (κ2) is 5.05. The molecule has 0 fully saturated rings. The Hall–Kier alpha value is -1.75. The average Bonchev–Trinajstić information content (AvgIpc) is 2.72. The van der Waals surface area contributed by atoms with Crippen LogP contribution in [-0.2, 0) is 12.8 Å². The minimum Gasteiger partial charge on any atom is -0.478 e. The molecule has 0 bridgehead atoms. The number of carbonyl (C=O) groups is 1. The lowest BCUT2D eigenvalue weighted by Gasteiger charge is -2.05. The smallest absolute Gasteiger partial charge is 0.336 e. The van der Waals surface area contributed by atoms with Crippen molar-refractivity contribution in [3.05, 3.63) is 48.0 Å². The van der Waals surface area contributed by atoms with Crippen LogP contribution in [-0.4, -0.2) is 20.6 Å². The predicted octanol–water partition coefficient (Wildman–Crippen LogP) is 2.41. The van der Waals surface area contributed by atoms with Crippen LogP contribution in [0.1, 0.15) is 16.1 Å². The third-order valence-corrected chi connectivity index (χ3v) is 3.52. The lowest BCUT2D eigenvalue weighted by Crippen LogP contribution is -1.99. The van der Waals surface area contributed by atoms with E-state index in [1.165, 1.54) is 11.8 Å². The van der Waals surface area contributed by atoms with Crippen LogP contribution in [0.3, 0.4) is 0 Å². The van der Waals surface area contributed by atoms with Gasteiger partial charge < -0.3 is 9.67 Å². The van der Waals surface area contributed by atoms with Gasteiger partial charge in [-0.25, -0.2) is 9.78 Å². The fraction of sp³-hybridized carbons (Fsp3) is 0.167. The second-order valence-electron chi connectivity index (χ2n) is 3.59. The highest BCUT2D eigenvalue weighted by Gasteiger charge is 2.09. The molecule has 0 atom stereocenters. The maximum absolute atomic E-state index is 11.0. The van der Waals surface area contributed by atoms with Crippen LogP contribution in [0.4, 0.5) is 0 Å². The number of benzene rings is 1. The van der Waals surface area contributed by atoms with Gasteiger partial charge in [-0.2, -0.15) is 0 Å². The van der Waals surface area contributed by atoms with Crippen molar-refractivity contribution in [3.63, 3.8) is 0 Å². The molecule has 2 rings (SSSR count). The lowest BCUT2D eigenvalue weighted by molar-refractivity contribution is 0.0693. The molecule has 88 valence electrons. The number of carboxylic acids is 1. The van der Waals surface area contributed by atoms with E-state index in [4.69, 9.17) is 5.11 Å². The number of rotatable bonds is 4. The summed E-state index contributed by atoms with van der Waals surface area (Å²) in [5.74, 6) is -0.182. The Bertz CT molecular complexity index is 537. The third kappa shape index (κ3) is 2.68. The Kier molecular flexibility index (Phi) is 3.49. The predicted molar refractivity (Wildman–Crippen MR) is 66.2 cm³/mol. The van der Waals surface area contributed by atoms with E-state index in [0.29, 0.717) is 11.3 Å². The minimum atomic E-state index is -0.891. The Morgan fingerprint density at radius 3 is 2.88 bits per heavy atom. The number of aromatic carboxylic acids is 1. The zero-order valence-corrected chi connectivity index (χ0v) is 10.1. The van der Waals surface area contributed by atoms with Crippen molar-refractivity contribution in [1.29, 1.82) is 0 Å². The molecule has 1 aromatic carbocycles. The molecule has 4 nitrogen and oxygen atoms in total. The van der Waals surface area contributed by atoms with Gasteiger partial charge >= 0.3 is 5.97 Å². The number of carboxylic acid groups (broad SMARTS) is 1. The van der Waals surface area contributed by atoms with E-state index in [9.17, 15) is 4.79 Å². The zero-order valence-electron chi connectivity index (χ0n) is 9.33. The van der Waals surface area contributed by atoms with Crippen LogP contribution in [0, 0.1) is 0 Å². The second-order valence-corrected chi connectivity index (χ2v) is 4.60. The molecule has 0 unspecified atom stereocenters. The van der Waals surface area contributed by atoms with E-state index < -0.39 is 5.97 Å². The maximum Gasteiger partial charge on any atom is 0.336 e. The van der Waals surface area contributed by atoms with E-state index in [0.717, 1.165) is 10.6 Å². The summed E-state index contributed by atoms with van der Waals surface area (Å²) in [6, 6.07) is 7.02. The van der Waals surface area contributed by atoms with Crippen LogP contribution in [0.15, 0.2) is 41.7 Å². The van der Waals surface area contributed by atoms with Crippen molar-refractivity contribution in [1.82, 2.24) is 9.55 Å². The molecule has 0 spiro atoms. The molecule has 0 aliphatic carbocycles. The molecule has 1 heterocycles. The van der Waals surface area contributed by atoms with Crippen LogP contribution in [0.5, 0.6) is 0 Å². The Morgan fingerprint density at radius 2 is 2.24 bits per heavy atom. The molecule has 0 radical (unpaired) electrons. The first-order valence-electron chi connectivity index (χ1n) is 5.09. The van der Waals surface area contributed by atoms with Crippen molar-refractivity contribution in [2.45, 2.75) is 10.6 Å². The average molecular weight is 248 g/mol. The van der Waals surface area contributed by atoms with Gasteiger partial charge in [0, 0.05) is 29.6 Å². The van der Waals surface area contributed by atoms with E-state index in [1.807, 2.05) is 23.7 Å². The van der Waals surface area contributed by atoms with Gasteiger partial charge in [0.1, 0.15) is 0 Å². The molecule has 0 saturated carbocycles. The summed E-state index contributed by atoms with van der Waals surface area (Å²) in [4.78, 5) is 15.8. The fourth-order valence-corrected chi connectivity index (χ4v) is 2.51. The Balaban J connectivity index is 2.14. The fourth-order valence-electron chi connectivity index (χ4n) is 1.44. The van der Waals surface area contributed by atoms with Crippen molar-refractivity contribution >= 4 is 17.7 Å². The van der Waals surface area contributed by atoms with Crippen LogP contribution in [0.25, 0.3) is 0 Å². The number of hydrogen-bond acceptors (Lipinski definition) is 3. The van der Waals surface area contributed by atoms with Crippen molar-refractivity contribution in [3.8, 4) is 0 Å². The first kappa shape index (κ1) is 11.7. The molecular formula is C12H12N2O2S. The molecule has 0 aliphatic rings. The van der Waals surface area contributed by atoms with Crippen LogP contribution >= 0.6 is 11.8 Å². The lowest BCUT2D eigenvalue weighted by atomic mass is 10.2. The van der Waals surface area contributed by atoms with E-state index >= 15 is 0 Å². The molecule has 1 N–H and O–H groups in total. The SMILES string of the molecule is Cn1cncc1CSc1ccccc1C(=O)O. The first-order chi connectivity index (χ1) is 8.18. The highest BCUT2D eigenvalue weighted by atomic mass is 32.2. The summed E-state index contributed by atoms with van der Waals surface area (Å²) in [5.41, 5.74) is 1.41. The van der Waals surface area contributed by atoms with Gasteiger partial charge in [0.15, 0.2) is 0 Å². The van der Waals surface area contributed by atoms with Crippen molar-refractivity contribution < 1.29 is 9.90 Å². The highest BCUT2D eigenvalue weighted by Crippen LogP contribution is 2.25. The molecule has 0 aliphatic heterocycles. The summed E-state index contributed by atoms with van der Waals surface area (Å²) in [6.45, 7) is 0. The van der Waals surface area contributed by atoms with Gasteiger partial charge in [-0.3, -0.25) is 0 Å². The maximum atomic E-state index is 11.0. The van der Waals surface area contributed by atoms with E-state index in [2.05, 4.69) is 4.98 Å². The van der Waals surface area contributed by atoms with Gasteiger partial charge in [0.05, 0.1) is 11.9 Å². The molecule has 0 amide bonds. The summed E-state index contributed by atoms with van der Waals surface area (Å²) in [6.07, 6.45) is 3.52. The topological polar surface area (TPSA) is 55.1 Å². The van der Waals surface area contributed by atoms with Gasteiger partial charge in [-0.15, -0.1) is 11.8 Å². The third-order valence-electron chi connectivity index (χ3n) is 2.41. The van der Waals surface area contributed by atoms with Crippen LogP contribution in [0.2, 0.25) is 0 Å². The van der Waals surface area contributed by atoms with Crippen LogP contribution < -0.4 is 0 Å². The molecule has 2 aromatic rings. The number of nitrogens with zero attached hydrogens (tertiary/aromatic N) is 2. The van der Waals surface area contributed by atoms with E-state index in [-0.39, 0.29) is 0 Å². The van der Waals surface area contributed by atoms with E-state index in [1.54, 1.807) is 24.7 Å². The quantitative estimate of drug-likeness (QED) is 0.844. The molecule has 0 saturated heterocycles. The normalized spacial score (nSPS) is 10.4. The van der Waals surface area contributed by atoms with Crippen molar-refractivity contribution in [2.75, 3.05) is 0 Å². The van der Waals surface area contributed by atoms with Crippen molar-refractivity contribution in [2.24, 2.45) is 7.05 Å². The number of imidazole rings is 1. The standard InChI is InChI=1S/C12H12N2O2S/c1-14-8-13-6-9(14)7-17-11-5-3-2-4-10(11)12(15)16/h2-6,8H,7H2,1H3,(H,15,16). The Labute approximate surface area is 103 Å². The number of thioether (sulfide) groups is 1.